The Labute approximate surface area is 154 Å². The van der Waals surface area contributed by atoms with E-state index < -0.39 is 0 Å². The van der Waals surface area contributed by atoms with Crippen LogP contribution in [0.5, 0.6) is 0 Å². The summed E-state index contributed by atoms with van der Waals surface area (Å²) < 4.78 is 6.22. The summed E-state index contributed by atoms with van der Waals surface area (Å²) in [4.78, 5) is 28.3. The first-order valence-electron chi connectivity index (χ1n) is 8.03. The van der Waals surface area contributed by atoms with Gasteiger partial charge in [-0.05, 0) is 59.1 Å². The fraction of sp³-hybridized carbons (Fsp3) is 0.278. The van der Waals surface area contributed by atoms with Gasteiger partial charge in [-0.2, -0.15) is 0 Å². The lowest BCUT2D eigenvalue weighted by Gasteiger charge is -2.11. The molecule has 2 heterocycles. The maximum Gasteiger partial charge on any atom is 0.257 e. The van der Waals surface area contributed by atoms with E-state index in [0.717, 1.165) is 23.9 Å². The van der Waals surface area contributed by atoms with Crippen LogP contribution in [-0.4, -0.2) is 36.1 Å². The number of amides is 2. The van der Waals surface area contributed by atoms with Gasteiger partial charge in [0.05, 0.1) is 11.7 Å². The third kappa shape index (κ3) is 4.87. The van der Waals surface area contributed by atoms with Crippen molar-refractivity contribution in [3.05, 3.63) is 58.3 Å². The van der Waals surface area contributed by atoms with Gasteiger partial charge >= 0.3 is 0 Å². The van der Waals surface area contributed by atoms with E-state index in [-0.39, 0.29) is 17.9 Å². The van der Waals surface area contributed by atoms with Gasteiger partial charge < -0.3 is 15.4 Å². The molecule has 1 atom stereocenters. The molecule has 1 saturated heterocycles. The lowest BCUT2D eigenvalue weighted by molar-refractivity contribution is 0.0857. The fourth-order valence-electron chi connectivity index (χ4n) is 2.56. The van der Waals surface area contributed by atoms with Gasteiger partial charge in [-0.1, -0.05) is 0 Å². The Morgan fingerprint density at radius 3 is 2.64 bits per heavy atom. The van der Waals surface area contributed by atoms with Crippen LogP contribution in [0.3, 0.4) is 0 Å². The van der Waals surface area contributed by atoms with Gasteiger partial charge in [0.25, 0.3) is 11.8 Å². The lowest BCUT2D eigenvalue weighted by Crippen LogP contribution is -2.31. The summed E-state index contributed by atoms with van der Waals surface area (Å²) in [5.74, 6) is -0.408. The predicted octanol–water partition coefficient (Wildman–Crippen LogP) is 3.01. The highest BCUT2D eigenvalue weighted by atomic mass is 79.9. The minimum atomic E-state index is -0.260. The highest BCUT2D eigenvalue weighted by Gasteiger charge is 2.16. The molecule has 0 radical (unpaired) electrons. The molecule has 0 aliphatic carbocycles. The lowest BCUT2D eigenvalue weighted by atomic mass is 10.1. The highest BCUT2D eigenvalue weighted by molar-refractivity contribution is 9.10. The topological polar surface area (TPSA) is 80.3 Å². The first-order valence-corrected chi connectivity index (χ1v) is 8.83. The van der Waals surface area contributed by atoms with Gasteiger partial charge in [0, 0.05) is 41.3 Å². The van der Waals surface area contributed by atoms with Crippen molar-refractivity contribution >= 4 is 33.4 Å². The summed E-state index contributed by atoms with van der Waals surface area (Å²) in [6, 6.07) is 8.45. The van der Waals surface area contributed by atoms with E-state index in [1.165, 1.54) is 6.20 Å². The molecule has 1 fully saturated rings. The number of aromatic nitrogens is 1. The average molecular weight is 404 g/mol. The Hall–Kier alpha value is -2.25. The molecule has 2 amide bonds. The van der Waals surface area contributed by atoms with Gasteiger partial charge in [-0.15, -0.1) is 0 Å². The van der Waals surface area contributed by atoms with Crippen LogP contribution in [0, 0.1) is 0 Å². The predicted molar refractivity (Wildman–Crippen MR) is 97.6 cm³/mol. The molecule has 6 nitrogen and oxygen atoms in total. The normalized spacial score (nSPS) is 16.4. The number of ether oxygens (including phenoxy) is 1. The van der Waals surface area contributed by atoms with Crippen molar-refractivity contribution in [3.8, 4) is 0 Å². The van der Waals surface area contributed by atoms with Crippen LogP contribution in [0.2, 0.25) is 0 Å². The number of hydrogen-bond acceptors (Lipinski definition) is 4. The van der Waals surface area contributed by atoms with Crippen LogP contribution in [0.4, 0.5) is 5.69 Å². The largest absolute Gasteiger partial charge is 0.376 e. The summed E-state index contributed by atoms with van der Waals surface area (Å²) in [7, 11) is 0. The minimum absolute atomic E-state index is 0.112. The summed E-state index contributed by atoms with van der Waals surface area (Å²) >= 11 is 3.28. The first-order chi connectivity index (χ1) is 12.1. The molecule has 1 aromatic carbocycles. The van der Waals surface area contributed by atoms with Crippen LogP contribution in [0.1, 0.15) is 33.6 Å². The maximum absolute atomic E-state index is 12.2. The third-order valence-electron chi connectivity index (χ3n) is 3.89. The standard InChI is InChI=1S/C18H18BrN3O3/c19-14-8-13(9-20-10-14)18(24)22-15-5-3-12(4-6-15)17(23)21-11-16-2-1-7-25-16/h3-6,8-10,16H,1-2,7,11H2,(H,21,23)(H,22,24)/t16-/m0/s1. The van der Waals surface area contributed by atoms with E-state index in [1.807, 2.05) is 0 Å². The summed E-state index contributed by atoms with van der Waals surface area (Å²) in [5.41, 5.74) is 1.61. The fourth-order valence-corrected chi connectivity index (χ4v) is 2.92. The molecule has 1 aliphatic heterocycles. The molecule has 0 unspecified atom stereocenters. The number of anilines is 1. The number of pyridine rings is 1. The minimum Gasteiger partial charge on any atom is -0.376 e. The molecule has 2 N–H and O–H groups in total. The number of benzene rings is 1. The van der Waals surface area contributed by atoms with Gasteiger partial charge in [0.1, 0.15) is 0 Å². The van der Waals surface area contributed by atoms with E-state index in [9.17, 15) is 9.59 Å². The molecule has 0 saturated carbocycles. The Balaban J connectivity index is 1.56. The number of rotatable bonds is 5. The summed E-state index contributed by atoms with van der Waals surface area (Å²) in [6.45, 7) is 1.29. The zero-order valence-electron chi connectivity index (χ0n) is 13.5. The maximum atomic E-state index is 12.2. The van der Waals surface area contributed by atoms with E-state index in [0.29, 0.717) is 23.4 Å². The number of carbonyl (C=O) groups excluding carboxylic acids is 2. The molecule has 0 bridgehead atoms. The van der Waals surface area contributed by atoms with E-state index in [1.54, 1.807) is 36.5 Å². The Morgan fingerprint density at radius 1 is 1.16 bits per heavy atom. The molecule has 1 aliphatic rings. The van der Waals surface area contributed by atoms with Crippen LogP contribution in [0.15, 0.2) is 47.2 Å². The SMILES string of the molecule is O=C(NC[C@@H]1CCCO1)c1ccc(NC(=O)c2cncc(Br)c2)cc1. The monoisotopic (exact) mass is 403 g/mol. The van der Waals surface area contributed by atoms with Gasteiger partial charge in [0.2, 0.25) is 0 Å². The van der Waals surface area contributed by atoms with Crippen LogP contribution in [0.25, 0.3) is 0 Å². The van der Waals surface area contributed by atoms with Crippen molar-refractivity contribution in [2.24, 2.45) is 0 Å². The summed E-state index contributed by atoms with van der Waals surface area (Å²) in [6.07, 6.45) is 5.24. The van der Waals surface area contributed by atoms with Crippen molar-refractivity contribution in [1.82, 2.24) is 10.3 Å². The molecule has 1 aromatic heterocycles. The van der Waals surface area contributed by atoms with Crippen molar-refractivity contribution in [1.29, 1.82) is 0 Å². The van der Waals surface area contributed by atoms with E-state index in [2.05, 4.69) is 31.5 Å². The van der Waals surface area contributed by atoms with Crippen molar-refractivity contribution in [2.75, 3.05) is 18.5 Å². The van der Waals surface area contributed by atoms with Crippen molar-refractivity contribution in [2.45, 2.75) is 18.9 Å². The smallest absolute Gasteiger partial charge is 0.257 e. The number of halogens is 1. The van der Waals surface area contributed by atoms with Gasteiger partial charge in [-0.3, -0.25) is 14.6 Å². The number of carbonyl (C=O) groups is 2. The molecule has 2 aromatic rings. The molecular weight excluding hydrogens is 386 g/mol. The molecule has 130 valence electrons. The van der Waals surface area contributed by atoms with Crippen LogP contribution < -0.4 is 10.6 Å². The molecule has 3 rings (SSSR count). The first kappa shape index (κ1) is 17.6. The molecule has 0 spiro atoms. The second kappa shape index (κ2) is 8.22. The highest BCUT2D eigenvalue weighted by Crippen LogP contribution is 2.14. The second-order valence-electron chi connectivity index (χ2n) is 5.77. The number of hydrogen-bond donors (Lipinski definition) is 2. The average Bonchev–Trinajstić information content (AvgIpc) is 3.14. The summed E-state index contributed by atoms with van der Waals surface area (Å²) in [5, 5.41) is 5.65. The quantitative estimate of drug-likeness (QED) is 0.803. The number of nitrogens with one attached hydrogen (secondary N) is 2. The van der Waals surface area contributed by atoms with Gasteiger partial charge in [-0.25, -0.2) is 0 Å². The zero-order chi connectivity index (χ0) is 17.6. The van der Waals surface area contributed by atoms with Crippen molar-refractivity contribution in [3.63, 3.8) is 0 Å². The van der Waals surface area contributed by atoms with Crippen molar-refractivity contribution < 1.29 is 14.3 Å². The number of nitrogens with zero attached hydrogens (tertiary/aromatic N) is 1. The molecular formula is C18H18BrN3O3. The Kier molecular flexibility index (Phi) is 5.78. The Bertz CT molecular complexity index is 758. The van der Waals surface area contributed by atoms with Crippen LogP contribution in [-0.2, 0) is 4.74 Å². The van der Waals surface area contributed by atoms with E-state index in [4.69, 9.17) is 4.74 Å². The Morgan fingerprint density at radius 2 is 1.96 bits per heavy atom. The second-order valence-corrected chi connectivity index (χ2v) is 6.68. The molecule has 25 heavy (non-hydrogen) atoms. The van der Waals surface area contributed by atoms with Crippen LogP contribution >= 0.6 is 15.9 Å². The van der Waals surface area contributed by atoms with E-state index >= 15 is 0 Å². The van der Waals surface area contributed by atoms with Gasteiger partial charge in [0.15, 0.2) is 0 Å². The third-order valence-corrected chi connectivity index (χ3v) is 4.32. The molecule has 7 heteroatoms. The zero-order valence-corrected chi connectivity index (χ0v) is 15.1.